The van der Waals surface area contributed by atoms with E-state index in [1.165, 1.54) is 6.33 Å². The zero-order valence-corrected chi connectivity index (χ0v) is 14.8. The Morgan fingerprint density at radius 2 is 2.16 bits per heavy atom. The van der Waals surface area contributed by atoms with E-state index in [0.29, 0.717) is 5.56 Å². The molecule has 1 aromatic heterocycles. The van der Waals surface area contributed by atoms with Crippen LogP contribution in [0.5, 0.6) is 0 Å². The number of rotatable bonds is 6. The molecule has 2 heterocycles. The summed E-state index contributed by atoms with van der Waals surface area (Å²) in [5.41, 5.74) is 2.58. The zero-order valence-electron chi connectivity index (χ0n) is 14.8. The van der Waals surface area contributed by atoms with Crippen molar-refractivity contribution >= 4 is 5.91 Å². The summed E-state index contributed by atoms with van der Waals surface area (Å²) in [4.78, 5) is 18.8. The number of carbonyl (C=O) groups is 1. The van der Waals surface area contributed by atoms with Crippen molar-refractivity contribution in [1.82, 2.24) is 25.0 Å². The molecule has 1 aromatic carbocycles. The number of aromatic nitrogens is 3. The van der Waals surface area contributed by atoms with Crippen LogP contribution in [0.25, 0.3) is 5.69 Å². The van der Waals surface area contributed by atoms with Gasteiger partial charge in [0.2, 0.25) is 0 Å². The fraction of sp³-hybridized carbons (Fsp3) is 0.500. The molecule has 3 rings (SSSR count). The largest absolute Gasteiger partial charge is 0.379 e. The Kier molecular flexibility index (Phi) is 5.78. The van der Waals surface area contributed by atoms with Gasteiger partial charge in [0.1, 0.15) is 12.7 Å². The quantitative estimate of drug-likeness (QED) is 0.859. The molecule has 1 amide bonds. The molecule has 25 heavy (non-hydrogen) atoms. The monoisotopic (exact) mass is 343 g/mol. The van der Waals surface area contributed by atoms with E-state index in [1.54, 1.807) is 11.0 Å². The molecule has 1 unspecified atom stereocenters. The van der Waals surface area contributed by atoms with Crippen LogP contribution in [-0.4, -0.2) is 64.5 Å². The highest BCUT2D eigenvalue weighted by atomic mass is 16.5. The second-order valence-electron chi connectivity index (χ2n) is 6.46. The van der Waals surface area contributed by atoms with Crippen LogP contribution in [0.2, 0.25) is 0 Å². The molecule has 2 aromatic rings. The van der Waals surface area contributed by atoms with Crippen LogP contribution in [0.1, 0.15) is 29.3 Å². The van der Waals surface area contributed by atoms with E-state index < -0.39 is 0 Å². The van der Waals surface area contributed by atoms with Crippen molar-refractivity contribution in [2.75, 3.05) is 32.8 Å². The molecule has 1 atom stereocenters. The fourth-order valence-electron chi connectivity index (χ4n) is 2.97. The molecule has 1 aliphatic heterocycles. The number of ether oxygens (including phenoxy) is 1. The van der Waals surface area contributed by atoms with Crippen molar-refractivity contribution in [1.29, 1.82) is 0 Å². The van der Waals surface area contributed by atoms with Crippen molar-refractivity contribution in [3.05, 3.63) is 42.0 Å². The highest BCUT2D eigenvalue weighted by Crippen LogP contribution is 2.15. The van der Waals surface area contributed by atoms with Gasteiger partial charge in [-0.25, -0.2) is 9.67 Å². The molecule has 7 heteroatoms. The third-order valence-corrected chi connectivity index (χ3v) is 4.48. The number of hydrogen-bond donors (Lipinski definition) is 1. The summed E-state index contributed by atoms with van der Waals surface area (Å²) < 4.78 is 7.05. The molecular formula is C18H25N5O2. The minimum absolute atomic E-state index is 0.0392. The zero-order chi connectivity index (χ0) is 17.6. The molecule has 134 valence electrons. The average Bonchev–Trinajstić information content (AvgIpc) is 3.15. The third-order valence-electron chi connectivity index (χ3n) is 4.48. The van der Waals surface area contributed by atoms with Gasteiger partial charge in [-0.1, -0.05) is 0 Å². The smallest absolute Gasteiger partial charge is 0.251 e. The first kappa shape index (κ1) is 17.6. The van der Waals surface area contributed by atoms with Gasteiger partial charge in [-0.2, -0.15) is 5.10 Å². The predicted octanol–water partition coefficient (Wildman–Crippen LogP) is 1.42. The first-order valence-electron chi connectivity index (χ1n) is 8.70. The van der Waals surface area contributed by atoms with Crippen LogP contribution in [0, 0.1) is 6.92 Å². The van der Waals surface area contributed by atoms with Gasteiger partial charge in [0.25, 0.3) is 5.91 Å². The lowest BCUT2D eigenvalue weighted by molar-refractivity contribution is 0.0363. The van der Waals surface area contributed by atoms with Crippen LogP contribution >= 0.6 is 0 Å². The van der Waals surface area contributed by atoms with Crippen molar-refractivity contribution in [2.24, 2.45) is 0 Å². The van der Waals surface area contributed by atoms with Crippen LogP contribution in [-0.2, 0) is 4.74 Å². The highest BCUT2D eigenvalue weighted by molar-refractivity contribution is 5.94. The summed E-state index contributed by atoms with van der Waals surface area (Å²) in [7, 11) is 0. The summed E-state index contributed by atoms with van der Waals surface area (Å²) in [5, 5.41) is 7.22. The minimum Gasteiger partial charge on any atom is -0.379 e. The number of morpholine rings is 1. The fourth-order valence-corrected chi connectivity index (χ4v) is 2.97. The van der Waals surface area contributed by atoms with Gasteiger partial charge in [0, 0.05) is 31.2 Å². The van der Waals surface area contributed by atoms with E-state index in [1.807, 2.05) is 25.1 Å². The Labute approximate surface area is 148 Å². The molecule has 1 aliphatic rings. The van der Waals surface area contributed by atoms with Gasteiger partial charge in [-0.15, -0.1) is 0 Å². The average molecular weight is 343 g/mol. The van der Waals surface area contributed by atoms with Gasteiger partial charge >= 0.3 is 0 Å². The Morgan fingerprint density at radius 1 is 1.36 bits per heavy atom. The molecule has 0 radical (unpaired) electrons. The van der Waals surface area contributed by atoms with Crippen LogP contribution < -0.4 is 5.32 Å². The maximum absolute atomic E-state index is 12.5. The molecule has 1 fully saturated rings. The molecule has 1 saturated heterocycles. The van der Waals surface area contributed by atoms with Crippen molar-refractivity contribution < 1.29 is 9.53 Å². The summed E-state index contributed by atoms with van der Waals surface area (Å²) in [6, 6.07) is 5.75. The van der Waals surface area contributed by atoms with E-state index in [4.69, 9.17) is 4.74 Å². The van der Waals surface area contributed by atoms with Crippen molar-refractivity contribution in [3.63, 3.8) is 0 Å². The van der Waals surface area contributed by atoms with E-state index in [2.05, 4.69) is 27.2 Å². The van der Waals surface area contributed by atoms with Gasteiger partial charge in [0.05, 0.1) is 18.9 Å². The maximum Gasteiger partial charge on any atom is 0.251 e. The first-order valence-corrected chi connectivity index (χ1v) is 8.70. The van der Waals surface area contributed by atoms with E-state index in [0.717, 1.165) is 50.5 Å². The number of nitrogens with zero attached hydrogens (tertiary/aromatic N) is 4. The minimum atomic E-state index is -0.0392. The van der Waals surface area contributed by atoms with Gasteiger partial charge in [-0.3, -0.25) is 9.69 Å². The standard InChI is InChI=1S/C18H25N5O2/c1-14-11-16(3-4-17(14)23-13-19-12-20-23)18(24)21-15(2)5-6-22-7-9-25-10-8-22/h3-4,11-13,15H,5-10H2,1-2H3,(H,21,24). The molecular weight excluding hydrogens is 318 g/mol. The molecule has 0 saturated carbocycles. The Bertz CT molecular complexity index is 695. The summed E-state index contributed by atoms with van der Waals surface area (Å²) in [6.45, 7) is 8.56. The summed E-state index contributed by atoms with van der Waals surface area (Å²) in [5.74, 6) is -0.0392. The number of hydrogen-bond acceptors (Lipinski definition) is 5. The number of benzene rings is 1. The predicted molar refractivity (Wildman–Crippen MR) is 94.9 cm³/mol. The second kappa shape index (κ2) is 8.22. The highest BCUT2D eigenvalue weighted by Gasteiger charge is 2.14. The van der Waals surface area contributed by atoms with Crippen molar-refractivity contribution in [3.8, 4) is 5.69 Å². The van der Waals surface area contributed by atoms with Crippen LogP contribution in [0.3, 0.4) is 0 Å². The van der Waals surface area contributed by atoms with Gasteiger partial charge in [0.15, 0.2) is 0 Å². The summed E-state index contributed by atoms with van der Waals surface area (Å²) in [6.07, 6.45) is 4.08. The number of amides is 1. The Hall–Kier alpha value is -2.25. The van der Waals surface area contributed by atoms with E-state index in [-0.39, 0.29) is 11.9 Å². The lowest BCUT2D eigenvalue weighted by atomic mass is 10.1. The van der Waals surface area contributed by atoms with E-state index in [9.17, 15) is 4.79 Å². The lowest BCUT2D eigenvalue weighted by Crippen LogP contribution is -2.40. The Balaban J connectivity index is 1.54. The Morgan fingerprint density at radius 3 is 2.84 bits per heavy atom. The normalized spacial score (nSPS) is 16.6. The summed E-state index contributed by atoms with van der Waals surface area (Å²) >= 11 is 0. The van der Waals surface area contributed by atoms with Crippen molar-refractivity contribution in [2.45, 2.75) is 26.3 Å². The molecule has 1 N–H and O–H groups in total. The van der Waals surface area contributed by atoms with Crippen LogP contribution in [0.4, 0.5) is 0 Å². The van der Waals surface area contributed by atoms with Gasteiger partial charge < -0.3 is 10.1 Å². The molecule has 7 nitrogen and oxygen atoms in total. The number of aryl methyl sites for hydroxylation is 1. The van der Waals surface area contributed by atoms with Gasteiger partial charge in [-0.05, 0) is 44.0 Å². The molecule has 0 spiro atoms. The lowest BCUT2D eigenvalue weighted by Gasteiger charge is -2.27. The van der Waals surface area contributed by atoms with E-state index >= 15 is 0 Å². The number of carbonyl (C=O) groups excluding carboxylic acids is 1. The molecule has 0 aliphatic carbocycles. The topological polar surface area (TPSA) is 72.3 Å². The third kappa shape index (κ3) is 4.64. The second-order valence-corrected chi connectivity index (χ2v) is 6.46. The first-order chi connectivity index (χ1) is 12.1. The number of nitrogens with one attached hydrogen (secondary N) is 1. The SMILES string of the molecule is Cc1cc(C(=O)NC(C)CCN2CCOCC2)ccc1-n1cncn1. The molecule has 0 bridgehead atoms. The maximum atomic E-state index is 12.5. The van der Waals surface area contributed by atoms with Crippen LogP contribution in [0.15, 0.2) is 30.9 Å².